The summed E-state index contributed by atoms with van der Waals surface area (Å²) in [7, 11) is 0. The third kappa shape index (κ3) is 2.77. The van der Waals surface area contributed by atoms with E-state index < -0.39 is 5.82 Å². The average Bonchev–Trinajstić information content (AvgIpc) is 2.94. The summed E-state index contributed by atoms with van der Waals surface area (Å²) < 4.78 is 19.0. The Morgan fingerprint density at radius 3 is 2.86 bits per heavy atom. The maximum atomic E-state index is 13.7. The minimum absolute atomic E-state index is 0.0505. The third-order valence-corrected chi connectivity index (χ3v) is 3.86. The van der Waals surface area contributed by atoms with E-state index in [0.29, 0.717) is 23.8 Å². The van der Waals surface area contributed by atoms with Gasteiger partial charge in [0, 0.05) is 22.7 Å². The van der Waals surface area contributed by atoms with Crippen molar-refractivity contribution in [1.29, 1.82) is 0 Å². The van der Waals surface area contributed by atoms with Gasteiger partial charge in [0.2, 0.25) is 0 Å². The van der Waals surface area contributed by atoms with Gasteiger partial charge in [-0.1, -0.05) is 29.8 Å². The lowest BCUT2D eigenvalue weighted by atomic mass is 10.0. The van der Waals surface area contributed by atoms with Gasteiger partial charge in [-0.2, -0.15) is 0 Å². The quantitative estimate of drug-likeness (QED) is 0.943. The van der Waals surface area contributed by atoms with Crippen LogP contribution in [0.15, 0.2) is 36.4 Å². The number of halogens is 2. The first-order valence-corrected chi connectivity index (χ1v) is 6.94. The molecule has 5 heteroatoms. The highest BCUT2D eigenvalue weighted by molar-refractivity contribution is 6.31. The summed E-state index contributed by atoms with van der Waals surface area (Å²) in [6, 6.07) is 9.95. The molecule has 21 heavy (non-hydrogen) atoms. The van der Waals surface area contributed by atoms with Crippen molar-refractivity contribution < 1.29 is 13.9 Å². The molecule has 0 radical (unpaired) electrons. The van der Waals surface area contributed by atoms with Crippen molar-refractivity contribution in [2.24, 2.45) is 0 Å². The fourth-order valence-electron chi connectivity index (χ4n) is 2.38. The van der Waals surface area contributed by atoms with E-state index in [-0.39, 0.29) is 18.0 Å². The fourth-order valence-corrected chi connectivity index (χ4v) is 2.61. The molecule has 0 spiro atoms. The maximum absolute atomic E-state index is 13.7. The second-order valence-electron chi connectivity index (χ2n) is 4.82. The van der Waals surface area contributed by atoms with Crippen molar-refractivity contribution in [3.05, 3.63) is 69.5 Å². The SMILES string of the molecule is O=C(NCc1c(F)cccc1Cl)c1cccc2c1COC2. The molecule has 0 aromatic heterocycles. The predicted molar refractivity (Wildman–Crippen MR) is 77.5 cm³/mol. The number of carbonyl (C=O) groups is 1. The number of carbonyl (C=O) groups excluding carboxylic acids is 1. The largest absolute Gasteiger partial charge is 0.372 e. The van der Waals surface area contributed by atoms with Crippen LogP contribution >= 0.6 is 11.6 Å². The Bertz CT molecular complexity index is 682. The number of amides is 1. The van der Waals surface area contributed by atoms with Crippen LogP contribution in [0.1, 0.15) is 27.0 Å². The lowest BCUT2D eigenvalue weighted by molar-refractivity contribution is 0.0945. The van der Waals surface area contributed by atoms with Gasteiger partial charge in [-0.25, -0.2) is 4.39 Å². The van der Waals surface area contributed by atoms with E-state index >= 15 is 0 Å². The molecule has 0 fully saturated rings. The lowest BCUT2D eigenvalue weighted by Crippen LogP contribution is -2.24. The molecule has 0 bridgehead atoms. The molecule has 2 aromatic carbocycles. The van der Waals surface area contributed by atoms with E-state index in [4.69, 9.17) is 16.3 Å². The Hall–Kier alpha value is -1.91. The third-order valence-electron chi connectivity index (χ3n) is 3.51. The zero-order valence-corrected chi connectivity index (χ0v) is 11.9. The van der Waals surface area contributed by atoms with Gasteiger partial charge in [-0.05, 0) is 29.3 Å². The summed E-state index contributed by atoms with van der Waals surface area (Å²) in [4.78, 5) is 12.3. The molecule has 108 valence electrons. The zero-order valence-electron chi connectivity index (χ0n) is 11.2. The van der Waals surface area contributed by atoms with E-state index in [1.165, 1.54) is 12.1 Å². The first-order chi connectivity index (χ1) is 10.2. The van der Waals surface area contributed by atoms with Gasteiger partial charge in [0.15, 0.2) is 0 Å². The smallest absolute Gasteiger partial charge is 0.251 e. The van der Waals surface area contributed by atoms with Gasteiger partial charge in [-0.15, -0.1) is 0 Å². The second kappa shape index (κ2) is 5.84. The summed E-state index contributed by atoms with van der Waals surface area (Å²) in [6.07, 6.45) is 0. The van der Waals surface area contributed by atoms with Crippen molar-refractivity contribution >= 4 is 17.5 Å². The minimum Gasteiger partial charge on any atom is -0.372 e. The molecule has 3 nitrogen and oxygen atoms in total. The van der Waals surface area contributed by atoms with Gasteiger partial charge in [0.05, 0.1) is 13.2 Å². The zero-order chi connectivity index (χ0) is 14.8. The van der Waals surface area contributed by atoms with Crippen LogP contribution in [0.5, 0.6) is 0 Å². The highest BCUT2D eigenvalue weighted by atomic mass is 35.5. The Labute approximate surface area is 126 Å². The van der Waals surface area contributed by atoms with Gasteiger partial charge in [-0.3, -0.25) is 4.79 Å². The van der Waals surface area contributed by atoms with Crippen LogP contribution in [0.3, 0.4) is 0 Å². The van der Waals surface area contributed by atoms with Crippen molar-refractivity contribution in [3.8, 4) is 0 Å². The Morgan fingerprint density at radius 2 is 2.05 bits per heavy atom. The predicted octanol–water partition coefficient (Wildman–Crippen LogP) is 3.44. The van der Waals surface area contributed by atoms with Gasteiger partial charge in [0.1, 0.15) is 5.82 Å². The van der Waals surface area contributed by atoms with Crippen molar-refractivity contribution in [2.75, 3.05) is 0 Å². The lowest BCUT2D eigenvalue weighted by Gasteiger charge is -2.10. The van der Waals surface area contributed by atoms with Crippen molar-refractivity contribution in [3.63, 3.8) is 0 Å². The monoisotopic (exact) mass is 305 g/mol. The Morgan fingerprint density at radius 1 is 1.24 bits per heavy atom. The van der Waals surface area contributed by atoms with E-state index in [2.05, 4.69) is 5.32 Å². The molecule has 1 N–H and O–H groups in total. The van der Waals surface area contributed by atoms with Crippen LogP contribution in [0.2, 0.25) is 5.02 Å². The summed E-state index contributed by atoms with van der Waals surface area (Å²) in [5, 5.41) is 3.01. The molecule has 0 unspecified atom stereocenters. The molecular formula is C16H13ClFNO2. The van der Waals surface area contributed by atoms with Crippen molar-refractivity contribution in [2.45, 2.75) is 19.8 Å². The van der Waals surface area contributed by atoms with Crippen LogP contribution in [-0.4, -0.2) is 5.91 Å². The molecule has 1 heterocycles. The standard InChI is InChI=1S/C16H13ClFNO2/c17-14-5-2-6-15(18)12(14)7-19-16(20)11-4-1-3-10-8-21-9-13(10)11/h1-6H,7-9H2,(H,19,20). The number of rotatable bonds is 3. The van der Waals surface area contributed by atoms with Crippen LogP contribution in [-0.2, 0) is 24.5 Å². The normalized spacial score (nSPS) is 13.0. The molecule has 0 saturated carbocycles. The van der Waals surface area contributed by atoms with Crippen LogP contribution in [0, 0.1) is 5.82 Å². The van der Waals surface area contributed by atoms with E-state index in [1.807, 2.05) is 12.1 Å². The maximum Gasteiger partial charge on any atom is 0.251 e. The van der Waals surface area contributed by atoms with E-state index in [1.54, 1.807) is 12.1 Å². The topological polar surface area (TPSA) is 38.3 Å². The highest BCUT2D eigenvalue weighted by Gasteiger charge is 2.19. The molecule has 0 aliphatic carbocycles. The summed E-state index contributed by atoms with van der Waals surface area (Å²) >= 11 is 5.94. The average molecular weight is 306 g/mol. The molecule has 3 rings (SSSR count). The number of fused-ring (bicyclic) bond motifs is 1. The van der Waals surface area contributed by atoms with E-state index in [0.717, 1.165) is 11.1 Å². The van der Waals surface area contributed by atoms with Crippen LogP contribution < -0.4 is 5.32 Å². The minimum atomic E-state index is -0.426. The fraction of sp³-hybridized carbons (Fsp3) is 0.188. The van der Waals surface area contributed by atoms with E-state index in [9.17, 15) is 9.18 Å². The summed E-state index contributed by atoms with van der Waals surface area (Å²) in [6.45, 7) is 1.00. The second-order valence-corrected chi connectivity index (χ2v) is 5.23. The molecule has 1 aliphatic heterocycles. The van der Waals surface area contributed by atoms with Gasteiger partial charge < -0.3 is 10.1 Å². The molecule has 2 aromatic rings. The van der Waals surface area contributed by atoms with Gasteiger partial charge in [0.25, 0.3) is 5.91 Å². The summed E-state index contributed by atoms with van der Waals surface area (Å²) in [5.41, 5.74) is 2.77. The molecule has 1 amide bonds. The van der Waals surface area contributed by atoms with Crippen molar-refractivity contribution in [1.82, 2.24) is 5.32 Å². The molecule has 0 saturated heterocycles. The Balaban J connectivity index is 1.78. The number of nitrogens with one attached hydrogen (secondary N) is 1. The molecule has 0 atom stereocenters. The number of ether oxygens (including phenoxy) is 1. The van der Waals surface area contributed by atoms with Crippen LogP contribution in [0.4, 0.5) is 4.39 Å². The number of hydrogen-bond acceptors (Lipinski definition) is 2. The first kappa shape index (κ1) is 14.0. The number of hydrogen-bond donors (Lipinski definition) is 1. The summed E-state index contributed by atoms with van der Waals surface area (Å²) in [5.74, 6) is -0.680. The molecular weight excluding hydrogens is 293 g/mol. The Kier molecular flexibility index (Phi) is 3.90. The van der Waals surface area contributed by atoms with Crippen LogP contribution in [0.25, 0.3) is 0 Å². The highest BCUT2D eigenvalue weighted by Crippen LogP contribution is 2.24. The van der Waals surface area contributed by atoms with Gasteiger partial charge >= 0.3 is 0 Å². The molecule has 1 aliphatic rings. The first-order valence-electron chi connectivity index (χ1n) is 6.56. The number of benzene rings is 2.